The molecule has 0 atom stereocenters. The van der Waals surface area contributed by atoms with Gasteiger partial charge >= 0.3 is 0 Å². The van der Waals surface area contributed by atoms with Crippen LogP contribution in [-0.4, -0.2) is 19.9 Å². The minimum absolute atomic E-state index is 0.252. The van der Waals surface area contributed by atoms with Crippen molar-refractivity contribution in [1.82, 2.24) is 14.8 Å². The van der Waals surface area contributed by atoms with Crippen LogP contribution in [0.1, 0.15) is 12.6 Å². The Balaban J connectivity index is 2.82. The summed E-state index contributed by atoms with van der Waals surface area (Å²) in [5, 5.41) is 14.4. The lowest BCUT2D eigenvalue weighted by Gasteiger charge is -1.99. The molecule has 2 rings (SSSR count). The molecule has 0 fully saturated rings. The minimum atomic E-state index is 0.252. The molecule has 2 aromatic heterocycles. The van der Waals surface area contributed by atoms with E-state index in [0.29, 0.717) is 5.39 Å². The van der Waals surface area contributed by atoms with E-state index in [4.69, 9.17) is 0 Å². The highest BCUT2D eigenvalue weighted by molar-refractivity contribution is 5.81. The average molecular weight is 177 g/mol. The number of fused-ring (bicyclic) bond motifs is 1. The molecule has 0 saturated carbocycles. The number of aryl methyl sites for hydroxylation is 2. The molecule has 13 heavy (non-hydrogen) atoms. The standard InChI is InChI=1S/C9H11N3O/c1-3-12-9-7(5-10-12)8(13)4-6(2)11-9/h4-5H,3H2,1-2H3,(H,11,13). The van der Waals surface area contributed by atoms with E-state index in [1.807, 2.05) is 13.8 Å². The van der Waals surface area contributed by atoms with Crippen LogP contribution in [-0.2, 0) is 6.54 Å². The highest BCUT2D eigenvalue weighted by Gasteiger charge is 2.07. The summed E-state index contributed by atoms with van der Waals surface area (Å²) in [6, 6.07) is 1.64. The van der Waals surface area contributed by atoms with Crippen LogP contribution in [0, 0.1) is 6.92 Å². The van der Waals surface area contributed by atoms with Crippen molar-refractivity contribution in [3.8, 4) is 5.75 Å². The van der Waals surface area contributed by atoms with E-state index >= 15 is 0 Å². The highest BCUT2D eigenvalue weighted by Crippen LogP contribution is 2.23. The summed E-state index contributed by atoms with van der Waals surface area (Å²) in [4.78, 5) is 4.31. The van der Waals surface area contributed by atoms with Crippen LogP contribution in [0.25, 0.3) is 11.0 Å². The van der Waals surface area contributed by atoms with Gasteiger partial charge < -0.3 is 5.11 Å². The van der Waals surface area contributed by atoms with Gasteiger partial charge in [0.2, 0.25) is 0 Å². The third-order valence-electron chi connectivity index (χ3n) is 2.01. The van der Waals surface area contributed by atoms with Gasteiger partial charge in [-0.3, -0.25) is 0 Å². The smallest absolute Gasteiger partial charge is 0.161 e. The molecule has 0 radical (unpaired) electrons. The van der Waals surface area contributed by atoms with Gasteiger partial charge in [0.05, 0.1) is 11.6 Å². The van der Waals surface area contributed by atoms with Gasteiger partial charge in [-0.2, -0.15) is 5.10 Å². The molecule has 4 nitrogen and oxygen atoms in total. The normalized spacial score (nSPS) is 10.9. The number of pyridine rings is 1. The fraction of sp³-hybridized carbons (Fsp3) is 0.333. The average Bonchev–Trinajstić information content (AvgIpc) is 2.47. The van der Waals surface area contributed by atoms with E-state index in [-0.39, 0.29) is 5.75 Å². The quantitative estimate of drug-likeness (QED) is 0.717. The predicted octanol–water partition coefficient (Wildman–Crippen LogP) is 1.47. The van der Waals surface area contributed by atoms with Crippen LogP contribution >= 0.6 is 0 Å². The van der Waals surface area contributed by atoms with E-state index in [2.05, 4.69) is 10.1 Å². The zero-order valence-electron chi connectivity index (χ0n) is 7.65. The van der Waals surface area contributed by atoms with Gasteiger partial charge in [0.1, 0.15) is 5.75 Å². The molecule has 0 saturated heterocycles. The largest absolute Gasteiger partial charge is 0.507 e. The van der Waals surface area contributed by atoms with Crippen molar-refractivity contribution < 1.29 is 5.11 Å². The minimum Gasteiger partial charge on any atom is -0.507 e. The summed E-state index contributed by atoms with van der Waals surface area (Å²) in [5.41, 5.74) is 1.56. The molecule has 0 amide bonds. The summed E-state index contributed by atoms with van der Waals surface area (Å²) in [7, 11) is 0. The Kier molecular flexibility index (Phi) is 1.69. The second-order valence-electron chi connectivity index (χ2n) is 2.98. The molecule has 68 valence electrons. The third kappa shape index (κ3) is 1.14. The van der Waals surface area contributed by atoms with Gasteiger partial charge in [-0.25, -0.2) is 9.67 Å². The first-order chi connectivity index (χ1) is 6.22. The van der Waals surface area contributed by atoms with Gasteiger partial charge in [-0.15, -0.1) is 0 Å². The Hall–Kier alpha value is -1.58. The molecule has 0 aliphatic heterocycles. The molecule has 0 aliphatic carbocycles. The number of hydrogen-bond acceptors (Lipinski definition) is 3. The van der Waals surface area contributed by atoms with Crippen molar-refractivity contribution in [3.63, 3.8) is 0 Å². The predicted molar refractivity (Wildman–Crippen MR) is 49.6 cm³/mol. The van der Waals surface area contributed by atoms with Crippen molar-refractivity contribution in [2.24, 2.45) is 0 Å². The van der Waals surface area contributed by atoms with Gasteiger partial charge in [-0.05, 0) is 13.8 Å². The van der Waals surface area contributed by atoms with E-state index in [9.17, 15) is 5.11 Å². The summed E-state index contributed by atoms with van der Waals surface area (Å²) in [5.74, 6) is 0.252. The SMILES string of the molecule is CCn1ncc2c(O)cc(C)nc21. The first kappa shape index (κ1) is 8.04. The van der Waals surface area contributed by atoms with Crippen molar-refractivity contribution >= 4 is 11.0 Å². The van der Waals surface area contributed by atoms with Crippen LogP contribution in [0.2, 0.25) is 0 Å². The molecule has 4 heteroatoms. The fourth-order valence-electron chi connectivity index (χ4n) is 1.38. The molecule has 1 N–H and O–H groups in total. The van der Waals surface area contributed by atoms with Crippen LogP contribution in [0.3, 0.4) is 0 Å². The van der Waals surface area contributed by atoms with Crippen LogP contribution in [0.4, 0.5) is 0 Å². The van der Waals surface area contributed by atoms with Gasteiger partial charge in [0, 0.05) is 18.3 Å². The summed E-state index contributed by atoms with van der Waals surface area (Å²) in [6.07, 6.45) is 1.64. The molecular weight excluding hydrogens is 166 g/mol. The van der Waals surface area contributed by atoms with Gasteiger partial charge in [0.25, 0.3) is 0 Å². The number of nitrogens with zero attached hydrogens (tertiary/aromatic N) is 3. The maximum atomic E-state index is 9.57. The zero-order chi connectivity index (χ0) is 9.42. The zero-order valence-corrected chi connectivity index (χ0v) is 7.65. The molecule has 0 bridgehead atoms. The maximum absolute atomic E-state index is 9.57. The van der Waals surface area contributed by atoms with E-state index in [0.717, 1.165) is 17.9 Å². The first-order valence-electron chi connectivity index (χ1n) is 4.24. The van der Waals surface area contributed by atoms with Crippen molar-refractivity contribution in [1.29, 1.82) is 0 Å². The van der Waals surface area contributed by atoms with Crippen molar-refractivity contribution in [3.05, 3.63) is 18.0 Å². The summed E-state index contributed by atoms with van der Waals surface area (Å²) in [6.45, 7) is 4.61. The lowest BCUT2D eigenvalue weighted by molar-refractivity contribution is 0.480. The van der Waals surface area contributed by atoms with Crippen LogP contribution < -0.4 is 0 Å². The fourth-order valence-corrected chi connectivity index (χ4v) is 1.38. The Morgan fingerprint density at radius 3 is 3.00 bits per heavy atom. The molecule has 2 aromatic rings. The lowest BCUT2D eigenvalue weighted by Crippen LogP contribution is -1.97. The van der Waals surface area contributed by atoms with E-state index in [1.165, 1.54) is 0 Å². The van der Waals surface area contributed by atoms with Gasteiger partial charge in [0.15, 0.2) is 5.65 Å². The molecule has 0 spiro atoms. The molecule has 0 unspecified atom stereocenters. The second-order valence-corrected chi connectivity index (χ2v) is 2.98. The number of aromatic hydroxyl groups is 1. The number of rotatable bonds is 1. The monoisotopic (exact) mass is 177 g/mol. The number of aromatic nitrogens is 3. The Bertz CT molecular complexity index is 447. The lowest BCUT2D eigenvalue weighted by atomic mass is 10.3. The van der Waals surface area contributed by atoms with Crippen molar-refractivity contribution in [2.45, 2.75) is 20.4 Å². The Morgan fingerprint density at radius 2 is 2.31 bits per heavy atom. The Morgan fingerprint density at radius 1 is 1.54 bits per heavy atom. The summed E-state index contributed by atoms with van der Waals surface area (Å²) < 4.78 is 1.77. The first-order valence-corrected chi connectivity index (χ1v) is 4.24. The topological polar surface area (TPSA) is 50.9 Å². The van der Waals surface area contributed by atoms with Gasteiger partial charge in [-0.1, -0.05) is 0 Å². The molecule has 0 aliphatic rings. The van der Waals surface area contributed by atoms with Crippen molar-refractivity contribution in [2.75, 3.05) is 0 Å². The van der Waals surface area contributed by atoms with E-state index in [1.54, 1.807) is 16.9 Å². The van der Waals surface area contributed by atoms with E-state index < -0.39 is 0 Å². The Labute approximate surface area is 75.8 Å². The molecule has 0 aromatic carbocycles. The number of hydrogen-bond donors (Lipinski definition) is 1. The second kappa shape index (κ2) is 2.73. The third-order valence-corrected chi connectivity index (χ3v) is 2.01. The molecule has 2 heterocycles. The molecular formula is C9H11N3O. The summed E-state index contributed by atoms with van der Waals surface area (Å²) >= 11 is 0. The highest BCUT2D eigenvalue weighted by atomic mass is 16.3. The van der Waals surface area contributed by atoms with Crippen LogP contribution in [0.15, 0.2) is 12.3 Å². The maximum Gasteiger partial charge on any atom is 0.161 e. The van der Waals surface area contributed by atoms with Crippen LogP contribution in [0.5, 0.6) is 5.75 Å².